The topological polar surface area (TPSA) is 51.8 Å². The van der Waals surface area contributed by atoms with Crippen LogP contribution >= 0.6 is 0 Å². The van der Waals surface area contributed by atoms with Crippen LogP contribution in [0, 0.1) is 0 Å². The Morgan fingerprint density at radius 2 is 1.11 bits per heavy atom. The zero-order valence-electron chi connectivity index (χ0n) is 25.6. The summed E-state index contributed by atoms with van der Waals surface area (Å²) in [5, 5.41) is 4.46. The highest BCUT2D eigenvalue weighted by molar-refractivity contribution is 6.16. The maximum atomic E-state index is 6.24. The van der Waals surface area contributed by atoms with E-state index in [0.717, 1.165) is 84.5 Å². The normalized spacial score (nSPS) is 13.0. The number of furan rings is 1. The molecule has 0 bridgehead atoms. The van der Waals surface area contributed by atoms with E-state index in [0.29, 0.717) is 17.5 Å². The van der Waals surface area contributed by atoms with E-state index in [2.05, 4.69) is 127 Å². The van der Waals surface area contributed by atoms with Gasteiger partial charge in [-0.15, -0.1) is 0 Å². The van der Waals surface area contributed by atoms with Gasteiger partial charge in [-0.1, -0.05) is 127 Å². The number of fused-ring (bicyclic) bond motifs is 4. The zero-order valence-corrected chi connectivity index (χ0v) is 25.6. The third-order valence-corrected chi connectivity index (χ3v) is 8.97. The molecule has 9 rings (SSSR count). The van der Waals surface area contributed by atoms with Gasteiger partial charge >= 0.3 is 0 Å². The number of nitrogens with zero attached hydrogens (tertiary/aromatic N) is 3. The first kappa shape index (κ1) is 27.2. The van der Waals surface area contributed by atoms with Gasteiger partial charge in [-0.25, -0.2) is 15.0 Å². The molecule has 6 aromatic carbocycles. The predicted octanol–water partition coefficient (Wildman–Crippen LogP) is 11.3. The summed E-state index contributed by atoms with van der Waals surface area (Å²) in [6, 6.07) is 46.3. The maximum Gasteiger partial charge on any atom is 0.164 e. The van der Waals surface area contributed by atoms with Crippen LogP contribution in [0.1, 0.15) is 18.7 Å². The molecule has 1 aliphatic rings. The Bertz CT molecular complexity index is 2520. The van der Waals surface area contributed by atoms with Crippen molar-refractivity contribution in [3.63, 3.8) is 0 Å². The molecule has 0 radical (unpaired) electrons. The molecule has 2 aromatic heterocycles. The predicted molar refractivity (Wildman–Crippen MR) is 193 cm³/mol. The molecule has 0 aliphatic heterocycles. The summed E-state index contributed by atoms with van der Waals surface area (Å²) in [4.78, 5) is 15.3. The molecule has 2 heterocycles. The molecular weight excluding hydrogens is 574 g/mol. The molecule has 4 nitrogen and oxygen atoms in total. The van der Waals surface area contributed by atoms with E-state index in [1.165, 1.54) is 0 Å². The number of hydrogen-bond donors (Lipinski definition) is 0. The maximum absolute atomic E-state index is 6.24. The molecule has 0 amide bonds. The first-order chi connectivity index (χ1) is 23.3. The minimum atomic E-state index is 0.657. The minimum absolute atomic E-state index is 0.657. The lowest BCUT2D eigenvalue weighted by Crippen LogP contribution is -2.03. The summed E-state index contributed by atoms with van der Waals surface area (Å²) in [7, 11) is 0. The molecule has 222 valence electrons. The molecule has 0 spiro atoms. The Labute approximate surface area is 272 Å². The number of allylic oxidation sites excluding steroid dienone is 4. The minimum Gasteiger partial charge on any atom is -0.456 e. The van der Waals surface area contributed by atoms with Crippen molar-refractivity contribution in [2.45, 2.75) is 12.8 Å². The van der Waals surface area contributed by atoms with Gasteiger partial charge in [-0.3, -0.25) is 0 Å². The molecule has 0 N–H and O–H groups in total. The third-order valence-electron chi connectivity index (χ3n) is 8.97. The monoisotopic (exact) mass is 603 g/mol. The summed E-state index contributed by atoms with van der Waals surface area (Å²) in [6.45, 7) is 0. The van der Waals surface area contributed by atoms with Crippen molar-refractivity contribution in [3.8, 4) is 45.0 Å². The van der Waals surface area contributed by atoms with E-state index in [1.54, 1.807) is 0 Å². The van der Waals surface area contributed by atoms with Gasteiger partial charge in [0, 0.05) is 27.5 Å². The molecule has 0 saturated carbocycles. The first-order valence-corrected chi connectivity index (χ1v) is 16.0. The number of rotatable bonds is 5. The van der Waals surface area contributed by atoms with Crippen molar-refractivity contribution in [1.29, 1.82) is 0 Å². The largest absolute Gasteiger partial charge is 0.456 e. The summed E-state index contributed by atoms with van der Waals surface area (Å²) >= 11 is 0. The summed E-state index contributed by atoms with van der Waals surface area (Å²) in [5.74, 6) is 2.00. The zero-order chi connectivity index (χ0) is 31.2. The molecule has 1 aliphatic carbocycles. The third kappa shape index (κ3) is 4.82. The Morgan fingerprint density at radius 1 is 0.447 bits per heavy atom. The number of benzene rings is 6. The van der Waals surface area contributed by atoms with Crippen molar-refractivity contribution in [3.05, 3.63) is 158 Å². The molecule has 47 heavy (non-hydrogen) atoms. The fourth-order valence-corrected chi connectivity index (χ4v) is 6.73. The van der Waals surface area contributed by atoms with E-state index >= 15 is 0 Å². The molecule has 4 heteroatoms. The highest BCUT2D eigenvalue weighted by Gasteiger charge is 2.19. The van der Waals surface area contributed by atoms with Crippen molar-refractivity contribution in [2.75, 3.05) is 0 Å². The van der Waals surface area contributed by atoms with Crippen LogP contribution in [0.15, 0.2) is 156 Å². The Kier molecular flexibility index (Phi) is 6.57. The second kappa shape index (κ2) is 11.3. The summed E-state index contributed by atoms with van der Waals surface area (Å²) in [5.41, 5.74) is 9.29. The van der Waals surface area contributed by atoms with E-state index in [4.69, 9.17) is 19.4 Å². The second-order valence-corrected chi connectivity index (χ2v) is 11.9. The lowest BCUT2D eigenvalue weighted by molar-refractivity contribution is 0.669. The number of aromatic nitrogens is 3. The first-order valence-electron chi connectivity index (χ1n) is 16.0. The molecule has 0 saturated heterocycles. The fraction of sp³-hybridized carbons (Fsp3) is 0.0465. The van der Waals surface area contributed by atoms with Gasteiger partial charge in [-0.05, 0) is 70.1 Å². The Hall–Kier alpha value is -6.13. The van der Waals surface area contributed by atoms with Crippen LogP contribution in [0.4, 0.5) is 0 Å². The van der Waals surface area contributed by atoms with Gasteiger partial charge in [0.2, 0.25) is 0 Å². The molecule has 0 atom stereocenters. The fourth-order valence-electron chi connectivity index (χ4n) is 6.73. The summed E-state index contributed by atoms with van der Waals surface area (Å²) in [6.07, 6.45) is 8.54. The van der Waals surface area contributed by atoms with Crippen LogP contribution in [0.3, 0.4) is 0 Å². The van der Waals surface area contributed by atoms with Crippen molar-refractivity contribution in [1.82, 2.24) is 15.0 Å². The lowest BCUT2D eigenvalue weighted by atomic mass is 9.92. The Morgan fingerprint density at radius 3 is 1.96 bits per heavy atom. The smallest absolute Gasteiger partial charge is 0.164 e. The average molecular weight is 604 g/mol. The molecule has 0 fully saturated rings. The highest BCUT2D eigenvalue weighted by Crippen LogP contribution is 2.41. The lowest BCUT2D eigenvalue weighted by Gasteiger charge is -2.14. The van der Waals surface area contributed by atoms with E-state index in [1.807, 2.05) is 24.3 Å². The van der Waals surface area contributed by atoms with Gasteiger partial charge in [0.15, 0.2) is 17.5 Å². The number of hydrogen-bond acceptors (Lipinski definition) is 4. The van der Waals surface area contributed by atoms with E-state index in [9.17, 15) is 0 Å². The quantitative estimate of drug-likeness (QED) is 0.196. The van der Waals surface area contributed by atoms with Gasteiger partial charge in [0.1, 0.15) is 11.2 Å². The van der Waals surface area contributed by atoms with Gasteiger partial charge in [-0.2, -0.15) is 0 Å². The van der Waals surface area contributed by atoms with Gasteiger partial charge < -0.3 is 4.42 Å². The van der Waals surface area contributed by atoms with Crippen LogP contribution in [-0.4, -0.2) is 15.0 Å². The number of para-hydroxylation sites is 1. The standard InChI is InChI=1S/C43H29N3O/c1-3-13-28(14-4-1)30-17-11-18-31(27-30)42-44-41(29-15-5-2-6-16-29)45-43(46-42)36-26-25-34(32-19-7-8-20-33(32)36)35-22-12-24-39-40(35)37-21-9-10-23-38(37)47-39/h1,3-5,7-27H,2,6H2. The molecule has 8 aromatic rings. The SMILES string of the molecule is C1=CC(c2nc(-c3cccc(-c4ccccc4)c3)nc(-c3ccc(-c4cccc5oc6ccccc6c45)c4ccccc34)n2)=CCC1. The van der Waals surface area contributed by atoms with Crippen molar-refractivity contribution in [2.24, 2.45) is 0 Å². The van der Waals surface area contributed by atoms with Crippen LogP contribution in [0.25, 0.3) is 83.3 Å². The molecular formula is C43H29N3O. The summed E-state index contributed by atoms with van der Waals surface area (Å²) < 4.78 is 6.24. The highest BCUT2D eigenvalue weighted by atomic mass is 16.3. The Balaban J connectivity index is 1.25. The second-order valence-electron chi connectivity index (χ2n) is 11.9. The van der Waals surface area contributed by atoms with Crippen molar-refractivity contribution < 1.29 is 4.42 Å². The van der Waals surface area contributed by atoms with Gasteiger partial charge in [0.05, 0.1) is 0 Å². The van der Waals surface area contributed by atoms with E-state index in [-0.39, 0.29) is 0 Å². The van der Waals surface area contributed by atoms with Crippen LogP contribution < -0.4 is 0 Å². The van der Waals surface area contributed by atoms with Crippen LogP contribution in [-0.2, 0) is 0 Å². The van der Waals surface area contributed by atoms with Crippen LogP contribution in [0.2, 0.25) is 0 Å². The molecule has 0 unspecified atom stereocenters. The van der Waals surface area contributed by atoms with Crippen molar-refractivity contribution >= 4 is 38.3 Å². The van der Waals surface area contributed by atoms with E-state index < -0.39 is 0 Å². The van der Waals surface area contributed by atoms with Gasteiger partial charge in [0.25, 0.3) is 0 Å². The van der Waals surface area contributed by atoms with Crippen LogP contribution in [0.5, 0.6) is 0 Å². The average Bonchev–Trinajstić information content (AvgIpc) is 3.54.